The highest BCUT2D eigenvalue weighted by Gasteiger charge is 2.11. The third-order valence-electron chi connectivity index (χ3n) is 3.73. The lowest BCUT2D eigenvalue weighted by Gasteiger charge is -2.21. The zero-order chi connectivity index (χ0) is 17.2. The molecule has 5 nitrogen and oxygen atoms in total. The molecule has 2 aromatic carbocycles. The van der Waals surface area contributed by atoms with Crippen LogP contribution in [0.1, 0.15) is 5.56 Å². The lowest BCUT2D eigenvalue weighted by atomic mass is 10.1. The van der Waals surface area contributed by atoms with Gasteiger partial charge in [-0.2, -0.15) is 0 Å². The van der Waals surface area contributed by atoms with Crippen molar-refractivity contribution in [3.63, 3.8) is 0 Å². The summed E-state index contributed by atoms with van der Waals surface area (Å²) < 4.78 is 5.17. The fraction of sp³-hybridized carbons (Fsp3) is 0.316. The molecule has 136 valence electrons. The molecule has 0 unspecified atom stereocenters. The molecule has 0 saturated carbocycles. The van der Waals surface area contributed by atoms with Gasteiger partial charge in [0.05, 0.1) is 13.7 Å². The zero-order valence-electron chi connectivity index (χ0n) is 14.5. The van der Waals surface area contributed by atoms with Crippen LogP contribution in [0.25, 0.3) is 0 Å². The van der Waals surface area contributed by atoms with E-state index in [0.717, 1.165) is 24.4 Å². The molecule has 0 aliphatic rings. The number of halogens is 1. The topological polar surface area (TPSA) is 67.6 Å². The van der Waals surface area contributed by atoms with Crippen molar-refractivity contribution >= 4 is 24.0 Å². The molecule has 2 aromatic rings. The van der Waals surface area contributed by atoms with E-state index in [9.17, 15) is 4.79 Å². The molecule has 0 saturated heterocycles. The Morgan fingerprint density at radius 1 is 1.12 bits per heavy atom. The van der Waals surface area contributed by atoms with Crippen molar-refractivity contribution < 1.29 is 9.53 Å². The normalized spacial score (nSPS) is 10.2. The third kappa shape index (κ3) is 7.56. The van der Waals surface area contributed by atoms with Gasteiger partial charge < -0.3 is 15.8 Å². The first-order valence-corrected chi connectivity index (χ1v) is 8.11. The third-order valence-corrected chi connectivity index (χ3v) is 3.73. The Labute approximate surface area is 155 Å². The summed E-state index contributed by atoms with van der Waals surface area (Å²) in [5, 5.41) is 2.90. The van der Waals surface area contributed by atoms with Crippen molar-refractivity contribution in [2.45, 2.75) is 6.42 Å². The molecule has 1 amide bonds. The van der Waals surface area contributed by atoms with E-state index in [4.69, 9.17) is 10.5 Å². The summed E-state index contributed by atoms with van der Waals surface area (Å²) in [7, 11) is 1.60. The monoisotopic (exact) mass is 363 g/mol. The number of benzene rings is 2. The number of amides is 1. The molecule has 0 radical (unpaired) electrons. The molecule has 0 heterocycles. The first-order valence-electron chi connectivity index (χ1n) is 8.11. The molecule has 0 atom stereocenters. The van der Waals surface area contributed by atoms with E-state index in [1.807, 2.05) is 36.4 Å². The van der Waals surface area contributed by atoms with Crippen LogP contribution < -0.4 is 15.8 Å². The summed E-state index contributed by atoms with van der Waals surface area (Å²) in [5.41, 5.74) is 7.66. The van der Waals surface area contributed by atoms with Gasteiger partial charge in [-0.3, -0.25) is 9.69 Å². The number of hydrogen-bond acceptors (Lipinski definition) is 4. The van der Waals surface area contributed by atoms with Crippen LogP contribution in [0.15, 0.2) is 54.6 Å². The van der Waals surface area contributed by atoms with Gasteiger partial charge in [0.1, 0.15) is 5.75 Å². The number of methoxy groups -OCH3 is 1. The highest BCUT2D eigenvalue weighted by molar-refractivity contribution is 5.92. The number of carbonyl (C=O) groups excluding carboxylic acids is 1. The fourth-order valence-corrected chi connectivity index (χ4v) is 2.49. The second-order valence-corrected chi connectivity index (χ2v) is 5.58. The van der Waals surface area contributed by atoms with Crippen LogP contribution in [-0.2, 0) is 11.2 Å². The Kier molecular flexibility index (Phi) is 9.62. The van der Waals surface area contributed by atoms with Crippen LogP contribution in [-0.4, -0.2) is 44.1 Å². The van der Waals surface area contributed by atoms with E-state index in [2.05, 4.69) is 22.3 Å². The molecule has 0 fully saturated rings. The summed E-state index contributed by atoms with van der Waals surface area (Å²) in [4.78, 5) is 14.3. The number of nitrogens with two attached hydrogens (primary N) is 1. The molecule has 0 aromatic heterocycles. The van der Waals surface area contributed by atoms with Gasteiger partial charge in [-0.05, 0) is 24.1 Å². The van der Waals surface area contributed by atoms with Crippen molar-refractivity contribution in [3.05, 3.63) is 60.2 Å². The lowest BCUT2D eigenvalue weighted by Crippen LogP contribution is -2.37. The largest absolute Gasteiger partial charge is 0.497 e. The van der Waals surface area contributed by atoms with E-state index in [1.165, 1.54) is 5.56 Å². The molecule has 25 heavy (non-hydrogen) atoms. The lowest BCUT2D eigenvalue weighted by molar-refractivity contribution is -0.117. The minimum atomic E-state index is -0.0511. The van der Waals surface area contributed by atoms with E-state index in [1.54, 1.807) is 13.2 Å². The second-order valence-electron chi connectivity index (χ2n) is 5.58. The number of ether oxygens (including phenoxy) is 1. The maximum Gasteiger partial charge on any atom is 0.238 e. The Morgan fingerprint density at radius 3 is 2.56 bits per heavy atom. The average Bonchev–Trinajstić information content (AvgIpc) is 2.61. The smallest absolute Gasteiger partial charge is 0.238 e. The predicted octanol–water partition coefficient (Wildman–Crippen LogP) is 2.56. The highest BCUT2D eigenvalue weighted by Crippen LogP contribution is 2.16. The molecule has 0 aliphatic carbocycles. The van der Waals surface area contributed by atoms with Gasteiger partial charge in [0.25, 0.3) is 0 Å². The summed E-state index contributed by atoms with van der Waals surface area (Å²) in [6.45, 7) is 2.34. The Hall–Kier alpha value is -2.08. The van der Waals surface area contributed by atoms with E-state index in [-0.39, 0.29) is 18.3 Å². The van der Waals surface area contributed by atoms with Crippen molar-refractivity contribution in [2.24, 2.45) is 5.73 Å². The number of anilines is 1. The van der Waals surface area contributed by atoms with Crippen LogP contribution in [0.5, 0.6) is 5.75 Å². The van der Waals surface area contributed by atoms with Crippen LogP contribution in [0, 0.1) is 0 Å². The summed E-state index contributed by atoms with van der Waals surface area (Å²) in [6, 6.07) is 17.6. The number of hydrogen-bond donors (Lipinski definition) is 2. The Bertz CT molecular complexity index is 638. The van der Waals surface area contributed by atoms with Gasteiger partial charge in [-0.1, -0.05) is 36.4 Å². The molecule has 0 spiro atoms. The molecule has 6 heteroatoms. The first kappa shape index (κ1) is 21.0. The molecule has 0 aliphatic heterocycles. The van der Waals surface area contributed by atoms with E-state index < -0.39 is 0 Å². The zero-order valence-corrected chi connectivity index (χ0v) is 15.3. The number of carbonyl (C=O) groups is 1. The molecule has 0 bridgehead atoms. The van der Waals surface area contributed by atoms with Crippen LogP contribution in [0.4, 0.5) is 5.69 Å². The summed E-state index contributed by atoms with van der Waals surface area (Å²) in [6.07, 6.45) is 0.896. The number of nitrogens with one attached hydrogen (secondary N) is 1. The van der Waals surface area contributed by atoms with Gasteiger partial charge in [-0.15, -0.1) is 12.4 Å². The quantitative estimate of drug-likeness (QED) is 0.718. The average molecular weight is 364 g/mol. The van der Waals surface area contributed by atoms with Crippen molar-refractivity contribution in [1.82, 2.24) is 4.90 Å². The van der Waals surface area contributed by atoms with Crippen LogP contribution in [0.2, 0.25) is 0 Å². The molecular formula is C19H26ClN3O2. The van der Waals surface area contributed by atoms with E-state index in [0.29, 0.717) is 19.6 Å². The van der Waals surface area contributed by atoms with Crippen molar-refractivity contribution in [3.8, 4) is 5.75 Å². The van der Waals surface area contributed by atoms with Crippen molar-refractivity contribution in [2.75, 3.05) is 38.6 Å². The second kappa shape index (κ2) is 11.5. The Morgan fingerprint density at radius 2 is 1.88 bits per heavy atom. The number of rotatable bonds is 9. The standard InChI is InChI=1S/C19H25N3O2.ClH/c1-24-18-9-5-8-17(14-18)21-19(23)15-22(13-11-20)12-10-16-6-3-2-4-7-16;/h2-9,14H,10-13,15,20H2,1H3,(H,21,23);1H. The SMILES string of the molecule is COc1cccc(NC(=O)CN(CCN)CCc2ccccc2)c1.Cl. The minimum Gasteiger partial charge on any atom is -0.497 e. The van der Waals surface area contributed by atoms with Crippen LogP contribution >= 0.6 is 12.4 Å². The van der Waals surface area contributed by atoms with Gasteiger partial charge in [0, 0.05) is 31.4 Å². The Balaban J connectivity index is 0.00000312. The van der Waals surface area contributed by atoms with E-state index >= 15 is 0 Å². The first-order chi connectivity index (χ1) is 11.7. The molecular weight excluding hydrogens is 338 g/mol. The van der Waals surface area contributed by atoms with Crippen LogP contribution in [0.3, 0.4) is 0 Å². The van der Waals surface area contributed by atoms with Gasteiger partial charge in [-0.25, -0.2) is 0 Å². The predicted molar refractivity (Wildman–Crippen MR) is 105 cm³/mol. The molecule has 2 rings (SSSR count). The van der Waals surface area contributed by atoms with Gasteiger partial charge in [0.2, 0.25) is 5.91 Å². The summed E-state index contributed by atoms with van der Waals surface area (Å²) in [5.74, 6) is 0.667. The molecule has 3 N–H and O–H groups in total. The maximum absolute atomic E-state index is 12.3. The van der Waals surface area contributed by atoms with Crippen molar-refractivity contribution in [1.29, 1.82) is 0 Å². The summed E-state index contributed by atoms with van der Waals surface area (Å²) >= 11 is 0. The van der Waals surface area contributed by atoms with Gasteiger partial charge >= 0.3 is 0 Å². The highest BCUT2D eigenvalue weighted by atomic mass is 35.5. The fourth-order valence-electron chi connectivity index (χ4n) is 2.49. The maximum atomic E-state index is 12.3. The number of nitrogens with zero attached hydrogens (tertiary/aromatic N) is 1. The van der Waals surface area contributed by atoms with Gasteiger partial charge in [0.15, 0.2) is 0 Å². The minimum absolute atomic E-state index is 0.